The van der Waals surface area contributed by atoms with Gasteiger partial charge in [0.1, 0.15) is 6.61 Å². The lowest BCUT2D eigenvalue weighted by molar-refractivity contribution is -0.148. The van der Waals surface area contributed by atoms with Gasteiger partial charge in [0.2, 0.25) is 0 Å². The van der Waals surface area contributed by atoms with Crippen molar-refractivity contribution in [3.8, 4) is 0 Å². The highest BCUT2D eigenvalue weighted by molar-refractivity contribution is 5.71. The van der Waals surface area contributed by atoms with E-state index in [1.807, 2.05) is 38.1 Å². The van der Waals surface area contributed by atoms with Gasteiger partial charge in [0.05, 0.1) is 5.92 Å². The third kappa shape index (κ3) is 4.78. The first-order valence-corrected chi connectivity index (χ1v) is 6.55. The van der Waals surface area contributed by atoms with E-state index in [1.165, 1.54) is 0 Å². The van der Waals surface area contributed by atoms with Crippen LogP contribution in [-0.2, 0) is 16.1 Å². The van der Waals surface area contributed by atoms with Gasteiger partial charge in [-0.25, -0.2) is 0 Å². The van der Waals surface area contributed by atoms with E-state index >= 15 is 0 Å². The van der Waals surface area contributed by atoms with Gasteiger partial charge in [-0.1, -0.05) is 32.9 Å². The van der Waals surface area contributed by atoms with E-state index in [2.05, 4.69) is 19.2 Å². The summed E-state index contributed by atoms with van der Waals surface area (Å²) in [7, 11) is 0. The summed E-state index contributed by atoms with van der Waals surface area (Å²) in [6.45, 7) is 8.32. The van der Waals surface area contributed by atoms with Gasteiger partial charge >= 0.3 is 5.97 Å². The lowest BCUT2D eigenvalue weighted by Gasteiger charge is -2.13. The molecule has 102 valence electrons. The minimum atomic E-state index is -0.156. The molecule has 0 aliphatic rings. The summed E-state index contributed by atoms with van der Waals surface area (Å²) in [5.41, 5.74) is 2.11. The maximum absolute atomic E-state index is 11.3. The Morgan fingerprint density at radius 3 is 2.39 bits per heavy atom. The zero-order valence-electron chi connectivity index (χ0n) is 11.7. The number of carbonyl (C=O) groups excluding carboxylic acids is 1. The average molecular weight is 251 g/mol. The molecule has 0 saturated heterocycles. The molecule has 0 spiro atoms. The van der Waals surface area contributed by atoms with Crippen molar-refractivity contribution in [3.63, 3.8) is 0 Å². The Morgan fingerprint density at radius 2 is 1.89 bits per heavy atom. The summed E-state index contributed by atoms with van der Waals surface area (Å²) in [5, 5.41) is 3.39. The van der Waals surface area contributed by atoms with Crippen LogP contribution >= 0.6 is 0 Å². The summed E-state index contributed by atoms with van der Waals surface area (Å²) >= 11 is 0. The van der Waals surface area contributed by atoms with Crippen LogP contribution in [-0.4, -0.2) is 12.0 Å². The first-order chi connectivity index (χ1) is 8.52. The van der Waals surface area contributed by atoms with E-state index in [-0.39, 0.29) is 13.3 Å². The van der Waals surface area contributed by atoms with E-state index in [0.29, 0.717) is 12.6 Å². The summed E-state index contributed by atoms with van der Waals surface area (Å²) in [6.07, 6.45) is 1.09. The number of hydrogen-bond acceptors (Lipinski definition) is 3. The fraction of sp³-hybridized carbons (Fsp3) is 0.533. The Hall–Kier alpha value is -1.51. The lowest BCUT2D eigenvalue weighted by Crippen LogP contribution is -2.13. The monoisotopic (exact) mass is 251 g/mol. The molecule has 1 unspecified atom stereocenters. The molecule has 0 bridgehead atoms. The second-order valence-corrected chi connectivity index (χ2v) is 4.91. The van der Waals surface area contributed by atoms with Crippen molar-refractivity contribution in [1.29, 1.82) is 0 Å². The number of benzene rings is 1. The molecule has 0 aliphatic carbocycles. The van der Waals surface area contributed by atoms with E-state index in [4.69, 9.17) is 4.74 Å². The average Bonchev–Trinajstić information content (AvgIpc) is 2.37. The number of hydrogen-bond donors (Lipinski definition) is 1. The predicted molar refractivity (Wildman–Crippen MR) is 76.6 cm³/mol. The van der Waals surface area contributed by atoms with Crippen LogP contribution in [0.1, 0.15) is 41.1 Å². The molecule has 3 nitrogen and oxygen atoms in total. The quantitative estimate of drug-likeness (QED) is 0.781. The van der Waals surface area contributed by atoms with Gasteiger partial charge in [-0.2, -0.15) is 0 Å². The third-order valence-electron chi connectivity index (χ3n) is 2.83. The zero-order valence-corrected chi connectivity index (χ0v) is 11.7. The molecular formula is C15H25NO2. The molecule has 0 fully saturated rings. The molecule has 1 rings (SSSR count). The van der Waals surface area contributed by atoms with E-state index in [0.717, 1.165) is 17.7 Å². The van der Waals surface area contributed by atoms with Crippen molar-refractivity contribution in [3.05, 3.63) is 29.8 Å². The minimum absolute atomic E-state index is 0. The van der Waals surface area contributed by atoms with Crippen LogP contribution in [0, 0.1) is 5.92 Å². The van der Waals surface area contributed by atoms with Crippen LogP contribution in [0.2, 0.25) is 0 Å². The number of carbonyl (C=O) groups is 1. The van der Waals surface area contributed by atoms with Crippen molar-refractivity contribution in [1.82, 2.24) is 0 Å². The first-order valence-electron chi connectivity index (χ1n) is 6.55. The molecule has 0 heterocycles. The Morgan fingerprint density at radius 1 is 1.28 bits per heavy atom. The molecule has 0 aliphatic heterocycles. The smallest absolute Gasteiger partial charge is 0.308 e. The summed E-state index contributed by atoms with van der Waals surface area (Å²) in [4.78, 5) is 11.3. The predicted octanol–water partition coefficient (Wildman–Crippen LogP) is 3.84. The molecule has 0 radical (unpaired) electrons. The van der Waals surface area contributed by atoms with Crippen molar-refractivity contribution in [2.24, 2.45) is 5.92 Å². The molecule has 1 aromatic carbocycles. The minimum Gasteiger partial charge on any atom is -0.461 e. The fourth-order valence-electron chi connectivity index (χ4n) is 1.40. The molecule has 1 N–H and O–H groups in total. The highest BCUT2D eigenvalue weighted by Gasteiger charge is 2.08. The van der Waals surface area contributed by atoms with Gasteiger partial charge in [0.25, 0.3) is 0 Å². The number of rotatable bonds is 6. The summed E-state index contributed by atoms with van der Waals surface area (Å²) in [6, 6.07) is 8.47. The SMILES string of the molecule is CCC(C)Nc1ccc(COC(=O)C(C)C)cc1.[HH]. The number of esters is 1. The normalized spacial score (nSPS) is 12.3. The van der Waals surface area contributed by atoms with Crippen molar-refractivity contribution >= 4 is 11.7 Å². The van der Waals surface area contributed by atoms with Crippen molar-refractivity contribution in [2.45, 2.75) is 46.8 Å². The summed E-state index contributed by atoms with van der Waals surface area (Å²) < 4.78 is 5.17. The number of anilines is 1. The Kier molecular flexibility index (Phi) is 5.69. The van der Waals surface area contributed by atoms with Gasteiger partial charge in [-0.3, -0.25) is 4.79 Å². The van der Waals surface area contributed by atoms with E-state index < -0.39 is 0 Å². The molecule has 0 saturated carbocycles. The molecule has 18 heavy (non-hydrogen) atoms. The highest BCUT2D eigenvalue weighted by Crippen LogP contribution is 2.13. The molecule has 0 aromatic heterocycles. The maximum atomic E-state index is 11.3. The molecule has 0 amide bonds. The number of nitrogens with one attached hydrogen (secondary N) is 1. The topological polar surface area (TPSA) is 38.3 Å². The van der Waals surface area contributed by atoms with Crippen LogP contribution in [0.15, 0.2) is 24.3 Å². The van der Waals surface area contributed by atoms with Gasteiger partial charge < -0.3 is 10.1 Å². The van der Waals surface area contributed by atoms with Gasteiger partial charge in [-0.15, -0.1) is 0 Å². The van der Waals surface area contributed by atoms with Gasteiger partial charge in [0, 0.05) is 13.2 Å². The lowest BCUT2D eigenvalue weighted by atomic mass is 10.2. The largest absolute Gasteiger partial charge is 0.461 e. The van der Waals surface area contributed by atoms with Crippen LogP contribution in [0.4, 0.5) is 5.69 Å². The van der Waals surface area contributed by atoms with Gasteiger partial charge in [-0.05, 0) is 31.0 Å². The summed E-state index contributed by atoms with van der Waals surface area (Å²) in [5.74, 6) is -0.229. The van der Waals surface area contributed by atoms with Crippen molar-refractivity contribution < 1.29 is 11.0 Å². The zero-order chi connectivity index (χ0) is 13.5. The molecule has 1 aromatic rings. The van der Waals surface area contributed by atoms with Gasteiger partial charge in [0.15, 0.2) is 0 Å². The Balaban J connectivity index is 0.00000324. The van der Waals surface area contributed by atoms with Crippen LogP contribution in [0.5, 0.6) is 0 Å². The fourth-order valence-corrected chi connectivity index (χ4v) is 1.40. The van der Waals surface area contributed by atoms with E-state index in [1.54, 1.807) is 0 Å². The Bertz CT molecular complexity index is 376. The number of ether oxygens (including phenoxy) is 1. The van der Waals surface area contributed by atoms with Crippen molar-refractivity contribution in [2.75, 3.05) is 5.32 Å². The van der Waals surface area contributed by atoms with E-state index in [9.17, 15) is 4.79 Å². The Labute approximate surface area is 111 Å². The standard InChI is InChI=1S/C15H23NO2.H2/c1-5-12(4)16-14-8-6-13(7-9-14)10-18-15(17)11(2)3;/h6-9,11-12,16H,5,10H2,1-4H3;1H. The van der Waals surface area contributed by atoms with Crippen LogP contribution < -0.4 is 5.32 Å². The van der Waals surface area contributed by atoms with Crippen LogP contribution in [0.25, 0.3) is 0 Å². The first kappa shape index (κ1) is 14.6. The molecular weight excluding hydrogens is 226 g/mol. The maximum Gasteiger partial charge on any atom is 0.308 e. The molecule has 1 atom stereocenters. The second-order valence-electron chi connectivity index (χ2n) is 4.91. The highest BCUT2D eigenvalue weighted by atomic mass is 16.5. The van der Waals surface area contributed by atoms with Crippen LogP contribution in [0.3, 0.4) is 0 Å². The second kappa shape index (κ2) is 7.04. The third-order valence-corrected chi connectivity index (χ3v) is 2.83. The molecule has 3 heteroatoms.